The summed E-state index contributed by atoms with van der Waals surface area (Å²) >= 11 is 7.13. The summed E-state index contributed by atoms with van der Waals surface area (Å²) in [6.45, 7) is 5.84. The number of hydrogen-bond acceptors (Lipinski definition) is 4. The lowest BCUT2D eigenvalue weighted by atomic mass is 10.2. The molecule has 3 rings (SSSR count). The second-order valence-corrected chi connectivity index (χ2v) is 7.63. The number of carbonyl (C=O) groups is 1. The molecular weight excluding hydrogens is 361 g/mol. The number of carbonyl (C=O) groups excluding carboxylic acids is 1. The Balaban J connectivity index is 1.59. The fourth-order valence-electron chi connectivity index (χ4n) is 2.95. The second kappa shape index (κ2) is 8.25. The molecule has 1 aliphatic heterocycles. The molecule has 1 amide bonds. The Kier molecular flexibility index (Phi) is 6.04. The molecule has 134 valence electrons. The van der Waals surface area contributed by atoms with E-state index < -0.39 is 5.82 Å². The maximum atomic E-state index is 13.3. The summed E-state index contributed by atoms with van der Waals surface area (Å²) in [6, 6.07) is 4.47. The largest absolute Gasteiger partial charge is 0.351 e. The lowest BCUT2D eigenvalue weighted by Gasteiger charge is -2.14. The van der Waals surface area contributed by atoms with Gasteiger partial charge in [0.1, 0.15) is 15.7 Å². The van der Waals surface area contributed by atoms with Gasteiger partial charge in [0.05, 0.1) is 10.7 Å². The lowest BCUT2D eigenvalue weighted by molar-refractivity contribution is 0.0955. The van der Waals surface area contributed by atoms with Gasteiger partial charge in [-0.1, -0.05) is 11.6 Å². The number of thiazole rings is 1. The maximum absolute atomic E-state index is 13.3. The van der Waals surface area contributed by atoms with Gasteiger partial charge >= 0.3 is 0 Å². The number of aryl methyl sites for hydroxylation is 1. The van der Waals surface area contributed by atoms with Crippen LogP contribution in [0.2, 0.25) is 5.02 Å². The number of nitrogens with zero attached hydrogens (tertiary/aromatic N) is 2. The van der Waals surface area contributed by atoms with Crippen molar-refractivity contribution in [2.24, 2.45) is 0 Å². The van der Waals surface area contributed by atoms with Crippen LogP contribution in [0.3, 0.4) is 0 Å². The number of rotatable bonds is 6. The molecule has 1 N–H and O–H groups in total. The molecular formula is C18H21ClFN3OS. The van der Waals surface area contributed by atoms with Crippen molar-refractivity contribution in [3.63, 3.8) is 0 Å². The highest BCUT2D eigenvalue weighted by Gasteiger charge is 2.17. The maximum Gasteiger partial charge on any atom is 0.263 e. The summed E-state index contributed by atoms with van der Waals surface area (Å²) < 4.78 is 13.3. The Morgan fingerprint density at radius 2 is 2.16 bits per heavy atom. The Bertz CT molecular complexity index is 759. The summed E-state index contributed by atoms with van der Waals surface area (Å²) in [5.41, 5.74) is 1.39. The van der Waals surface area contributed by atoms with Crippen LogP contribution in [0, 0.1) is 12.7 Å². The first-order chi connectivity index (χ1) is 12.0. The van der Waals surface area contributed by atoms with Gasteiger partial charge in [-0.05, 0) is 64.0 Å². The van der Waals surface area contributed by atoms with Gasteiger partial charge in [0, 0.05) is 12.1 Å². The number of aromatic nitrogens is 1. The summed E-state index contributed by atoms with van der Waals surface area (Å²) in [6.07, 6.45) is 3.51. The summed E-state index contributed by atoms with van der Waals surface area (Å²) in [4.78, 5) is 19.8. The Hall–Kier alpha value is -1.50. The monoisotopic (exact) mass is 381 g/mol. The smallest absolute Gasteiger partial charge is 0.263 e. The fraction of sp³-hybridized carbons (Fsp3) is 0.444. The molecule has 1 aromatic carbocycles. The predicted molar refractivity (Wildman–Crippen MR) is 99.9 cm³/mol. The number of halogens is 2. The zero-order chi connectivity index (χ0) is 17.8. The minimum absolute atomic E-state index is 0.0540. The van der Waals surface area contributed by atoms with Crippen LogP contribution in [0.4, 0.5) is 4.39 Å². The third-order valence-electron chi connectivity index (χ3n) is 4.30. The number of benzene rings is 1. The van der Waals surface area contributed by atoms with Gasteiger partial charge in [-0.3, -0.25) is 4.79 Å². The highest BCUT2D eigenvalue weighted by molar-refractivity contribution is 7.17. The van der Waals surface area contributed by atoms with Crippen molar-refractivity contribution >= 4 is 28.8 Å². The van der Waals surface area contributed by atoms with E-state index in [9.17, 15) is 9.18 Å². The molecule has 0 bridgehead atoms. The normalized spacial score (nSPS) is 14.8. The van der Waals surface area contributed by atoms with E-state index in [-0.39, 0.29) is 10.9 Å². The van der Waals surface area contributed by atoms with E-state index in [0.29, 0.717) is 27.7 Å². The first kappa shape index (κ1) is 18.3. The van der Waals surface area contributed by atoms with Crippen molar-refractivity contribution in [2.75, 3.05) is 26.2 Å². The number of amides is 1. The molecule has 0 aliphatic carbocycles. The van der Waals surface area contributed by atoms with E-state index in [0.717, 1.165) is 13.0 Å². The van der Waals surface area contributed by atoms with Gasteiger partial charge < -0.3 is 10.2 Å². The Morgan fingerprint density at radius 3 is 2.88 bits per heavy atom. The van der Waals surface area contributed by atoms with E-state index in [1.807, 2.05) is 6.92 Å². The fourth-order valence-corrected chi connectivity index (χ4v) is 4.11. The molecule has 1 fully saturated rings. The molecule has 1 aliphatic rings. The average molecular weight is 382 g/mol. The van der Waals surface area contributed by atoms with Crippen LogP contribution in [0.5, 0.6) is 0 Å². The van der Waals surface area contributed by atoms with Gasteiger partial charge in [-0.15, -0.1) is 11.3 Å². The molecule has 0 spiro atoms. The quantitative estimate of drug-likeness (QED) is 0.765. The van der Waals surface area contributed by atoms with Crippen LogP contribution >= 0.6 is 22.9 Å². The van der Waals surface area contributed by atoms with Gasteiger partial charge in [0.15, 0.2) is 0 Å². The van der Waals surface area contributed by atoms with Crippen molar-refractivity contribution in [3.8, 4) is 10.6 Å². The van der Waals surface area contributed by atoms with Gasteiger partial charge in [0.2, 0.25) is 0 Å². The minimum Gasteiger partial charge on any atom is -0.351 e. The van der Waals surface area contributed by atoms with Gasteiger partial charge in [-0.2, -0.15) is 0 Å². The molecule has 2 aromatic rings. The van der Waals surface area contributed by atoms with Crippen LogP contribution in [0.25, 0.3) is 10.6 Å². The number of likely N-dealkylation sites (tertiary alicyclic amines) is 1. The Morgan fingerprint density at radius 1 is 1.40 bits per heavy atom. The molecule has 0 radical (unpaired) electrons. The summed E-state index contributed by atoms with van der Waals surface area (Å²) in [5, 5.41) is 3.69. The summed E-state index contributed by atoms with van der Waals surface area (Å²) in [5.74, 6) is -0.564. The highest BCUT2D eigenvalue weighted by atomic mass is 35.5. The predicted octanol–water partition coefficient (Wildman–Crippen LogP) is 4.13. The second-order valence-electron chi connectivity index (χ2n) is 6.22. The van der Waals surface area contributed by atoms with Crippen molar-refractivity contribution < 1.29 is 9.18 Å². The van der Waals surface area contributed by atoms with Crippen LogP contribution in [-0.4, -0.2) is 42.0 Å². The molecule has 0 saturated carbocycles. The highest BCUT2D eigenvalue weighted by Crippen LogP contribution is 2.30. The first-order valence-electron chi connectivity index (χ1n) is 8.48. The number of nitrogens with one attached hydrogen (secondary N) is 1. The molecule has 4 nitrogen and oxygen atoms in total. The first-order valence-corrected chi connectivity index (χ1v) is 9.67. The molecule has 7 heteroatoms. The van der Waals surface area contributed by atoms with Crippen molar-refractivity contribution in [2.45, 2.75) is 26.2 Å². The van der Waals surface area contributed by atoms with Crippen LogP contribution in [-0.2, 0) is 0 Å². The molecule has 1 saturated heterocycles. The Labute approximate surface area is 156 Å². The topological polar surface area (TPSA) is 45.2 Å². The number of hydrogen-bond donors (Lipinski definition) is 1. The SMILES string of the molecule is Cc1nc(-c2ccc(F)c(Cl)c2)sc1C(=O)NCCCN1CCCC1. The third kappa shape index (κ3) is 4.57. The van der Waals surface area contributed by atoms with Gasteiger partial charge in [0.25, 0.3) is 5.91 Å². The van der Waals surface area contributed by atoms with E-state index in [1.54, 1.807) is 6.07 Å². The lowest BCUT2D eigenvalue weighted by Crippen LogP contribution is -2.28. The minimum atomic E-state index is -0.463. The molecule has 0 atom stereocenters. The van der Waals surface area contributed by atoms with Crippen LogP contribution < -0.4 is 5.32 Å². The molecule has 25 heavy (non-hydrogen) atoms. The molecule has 0 unspecified atom stereocenters. The van der Waals surface area contributed by atoms with Crippen molar-refractivity contribution in [3.05, 3.63) is 39.6 Å². The molecule has 2 heterocycles. The standard InChI is InChI=1S/C18H21ClFN3OS/c1-12-16(17(24)21-7-4-10-23-8-2-3-9-23)25-18(22-12)13-5-6-15(20)14(19)11-13/h5-6,11H,2-4,7-10H2,1H3,(H,21,24). The van der Waals surface area contributed by atoms with Crippen LogP contribution in [0.15, 0.2) is 18.2 Å². The zero-order valence-electron chi connectivity index (χ0n) is 14.1. The zero-order valence-corrected chi connectivity index (χ0v) is 15.7. The molecule has 1 aromatic heterocycles. The van der Waals surface area contributed by atoms with Crippen molar-refractivity contribution in [1.82, 2.24) is 15.2 Å². The van der Waals surface area contributed by atoms with E-state index in [4.69, 9.17) is 11.6 Å². The van der Waals surface area contributed by atoms with E-state index in [2.05, 4.69) is 15.2 Å². The van der Waals surface area contributed by atoms with E-state index in [1.165, 1.54) is 49.4 Å². The van der Waals surface area contributed by atoms with Crippen LogP contribution in [0.1, 0.15) is 34.6 Å². The van der Waals surface area contributed by atoms with Gasteiger partial charge in [-0.25, -0.2) is 9.37 Å². The summed E-state index contributed by atoms with van der Waals surface area (Å²) in [7, 11) is 0. The average Bonchev–Trinajstić information content (AvgIpc) is 3.23. The van der Waals surface area contributed by atoms with Crippen molar-refractivity contribution in [1.29, 1.82) is 0 Å². The van der Waals surface area contributed by atoms with E-state index >= 15 is 0 Å². The third-order valence-corrected chi connectivity index (χ3v) is 5.80.